The van der Waals surface area contributed by atoms with Gasteiger partial charge in [0.25, 0.3) is 0 Å². The van der Waals surface area contributed by atoms with Gasteiger partial charge in [-0.05, 0) is 47.0 Å². The topological polar surface area (TPSA) is 33.7 Å². The Hall–Kier alpha value is -0.780. The van der Waals surface area contributed by atoms with Gasteiger partial charge in [-0.2, -0.15) is 0 Å². The van der Waals surface area contributed by atoms with Crippen molar-refractivity contribution in [1.29, 1.82) is 0 Å². The van der Waals surface area contributed by atoms with E-state index in [1.165, 1.54) is 5.56 Å². The number of rotatable bonds is 6. The van der Waals surface area contributed by atoms with E-state index >= 15 is 0 Å². The number of hydrogen-bond acceptors (Lipinski definition) is 4. The highest BCUT2D eigenvalue weighted by molar-refractivity contribution is 9.10. The molecule has 0 spiro atoms. The highest BCUT2D eigenvalue weighted by atomic mass is 79.9. The maximum Gasteiger partial charge on any atom is 0.175 e. The lowest BCUT2D eigenvalue weighted by Crippen LogP contribution is -2.48. The van der Waals surface area contributed by atoms with Crippen LogP contribution < -0.4 is 14.8 Å². The van der Waals surface area contributed by atoms with Crippen LogP contribution in [0.5, 0.6) is 11.5 Å². The maximum atomic E-state index is 5.77. The number of piperazine rings is 1. The summed E-state index contributed by atoms with van der Waals surface area (Å²) < 4.78 is 12.2. The van der Waals surface area contributed by atoms with Crippen LogP contribution in [0.1, 0.15) is 25.8 Å². The fourth-order valence-electron chi connectivity index (χ4n) is 2.62. The summed E-state index contributed by atoms with van der Waals surface area (Å²) in [7, 11) is 1.69. The normalized spacial score (nSPS) is 19.5. The van der Waals surface area contributed by atoms with E-state index in [0.29, 0.717) is 12.6 Å². The van der Waals surface area contributed by atoms with Crippen molar-refractivity contribution in [2.24, 2.45) is 0 Å². The molecule has 21 heavy (non-hydrogen) atoms. The Morgan fingerprint density at radius 3 is 2.90 bits per heavy atom. The molecule has 1 aromatic carbocycles. The van der Waals surface area contributed by atoms with Crippen LogP contribution in [0.4, 0.5) is 0 Å². The molecule has 1 atom stereocenters. The van der Waals surface area contributed by atoms with Crippen molar-refractivity contribution >= 4 is 15.9 Å². The lowest BCUT2D eigenvalue weighted by Gasteiger charge is -2.32. The fraction of sp³-hybridized carbons (Fsp3) is 0.625. The van der Waals surface area contributed by atoms with E-state index in [2.05, 4.69) is 52.1 Å². The summed E-state index contributed by atoms with van der Waals surface area (Å²) in [6.07, 6.45) is 0.982. The Bertz CT molecular complexity index is 468. The highest BCUT2D eigenvalue weighted by Crippen LogP contribution is 2.37. The molecule has 1 aromatic rings. The van der Waals surface area contributed by atoms with E-state index in [9.17, 15) is 0 Å². The van der Waals surface area contributed by atoms with Crippen molar-refractivity contribution < 1.29 is 9.47 Å². The summed E-state index contributed by atoms with van der Waals surface area (Å²) in [6.45, 7) is 9.17. The zero-order valence-electron chi connectivity index (χ0n) is 13.1. The zero-order chi connectivity index (χ0) is 15.2. The Labute approximate surface area is 135 Å². The Morgan fingerprint density at radius 1 is 1.43 bits per heavy atom. The third kappa shape index (κ3) is 4.59. The molecular formula is C16H25BrN2O2. The molecule has 4 nitrogen and oxygen atoms in total. The van der Waals surface area contributed by atoms with Gasteiger partial charge in [-0.15, -0.1) is 0 Å². The summed E-state index contributed by atoms with van der Waals surface area (Å²) in [5.41, 5.74) is 1.25. The minimum absolute atomic E-state index is 0.552. The Kier molecular flexibility index (Phi) is 6.33. The van der Waals surface area contributed by atoms with E-state index < -0.39 is 0 Å². The first-order valence-corrected chi connectivity index (χ1v) is 8.38. The van der Waals surface area contributed by atoms with Gasteiger partial charge >= 0.3 is 0 Å². The number of halogens is 1. The van der Waals surface area contributed by atoms with Crippen LogP contribution in [0.25, 0.3) is 0 Å². The summed E-state index contributed by atoms with van der Waals surface area (Å²) in [5, 5.41) is 3.47. The van der Waals surface area contributed by atoms with Gasteiger partial charge in [0.05, 0.1) is 18.2 Å². The van der Waals surface area contributed by atoms with E-state index in [4.69, 9.17) is 9.47 Å². The van der Waals surface area contributed by atoms with Crippen LogP contribution in [0.3, 0.4) is 0 Å². The van der Waals surface area contributed by atoms with Crippen LogP contribution >= 0.6 is 15.9 Å². The fourth-order valence-corrected chi connectivity index (χ4v) is 3.23. The average molecular weight is 357 g/mol. The van der Waals surface area contributed by atoms with Crippen molar-refractivity contribution in [3.05, 3.63) is 22.2 Å². The number of methoxy groups -OCH3 is 1. The van der Waals surface area contributed by atoms with Gasteiger partial charge in [-0.3, -0.25) is 4.90 Å². The van der Waals surface area contributed by atoms with Crippen molar-refractivity contribution in [3.8, 4) is 11.5 Å². The third-order valence-corrected chi connectivity index (χ3v) is 4.19. The second kappa shape index (κ2) is 8.01. The van der Waals surface area contributed by atoms with Gasteiger partial charge in [0, 0.05) is 32.2 Å². The number of hydrogen-bond donors (Lipinski definition) is 1. The van der Waals surface area contributed by atoms with Crippen molar-refractivity contribution in [1.82, 2.24) is 10.2 Å². The predicted molar refractivity (Wildman–Crippen MR) is 89.2 cm³/mol. The molecule has 1 heterocycles. The molecule has 0 aromatic heterocycles. The average Bonchev–Trinajstić information content (AvgIpc) is 2.45. The SMILES string of the molecule is CCCOc1c(Br)cc(CN2CCNC(C)C2)cc1OC. The molecule has 1 N–H and O–H groups in total. The number of benzene rings is 1. The molecule has 0 radical (unpaired) electrons. The molecule has 0 amide bonds. The Morgan fingerprint density at radius 2 is 2.24 bits per heavy atom. The second-order valence-corrected chi connectivity index (χ2v) is 6.40. The van der Waals surface area contributed by atoms with Crippen LogP contribution in [-0.4, -0.2) is 44.3 Å². The van der Waals surface area contributed by atoms with Crippen molar-refractivity contribution in [2.75, 3.05) is 33.4 Å². The molecular weight excluding hydrogens is 332 g/mol. The van der Waals surface area contributed by atoms with E-state index in [-0.39, 0.29) is 0 Å². The lowest BCUT2D eigenvalue weighted by atomic mass is 10.1. The van der Waals surface area contributed by atoms with Gasteiger partial charge < -0.3 is 14.8 Å². The first-order chi connectivity index (χ1) is 10.1. The number of nitrogens with zero attached hydrogens (tertiary/aromatic N) is 1. The number of nitrogens with one attached hydrogen (secondary N) is 1. The maximum absolute atomic E-state index is 5.77. The summed E-state index contributed by atoms with van der Waals surface area (Å²) in [5.74, 6) is 1.60. The smallest absolute Gasteiger partial charge is 0.175 e. The van der Waals surface area contributed by atoms with E-state index in [0.717, 1.165) is 48.6 Å². The highest BCUT2D eigenvalue weighted by Gasteiger charge is 2.17. The van der Waals surface area contributed by atoms with E-state index in [1.807, 2.05) is 0 Å². The molecule has 1 unspecified atom stereocenters. The molecule has 0 aliphatic carbocycles. The third-order valence-electron chi connectivity index (χ3n) is 3.60. The van der Waals surface area contributed by atoms with Crippen LogP contribution in [-0.2, 0) is 6.54 Å². The summed E-state index contributed by atoms with van der Waals surface area (Å²) in [6, 6.07) is 4.78. The van der Waals surface area contributed by atoms with E-state index in [1.54, 1.807) is 7.11 Å². The molecule has 1 fully saturated rings. The van der Waals surface area contributed by atoms with Gasteiger partial charge in [-0.1, -0.05) is 6.92 Å². The largest absolute Gasteiger partial charge is 0.493 e. The van der Waals surface area contributed by atoms with Gasteiger partial charge in [0.1, 0.15) is 0 Å². The molecule has 1 saturated heterocycles. The molecule has 0 bridgehead atoms. The van der Waals surface area contributed by atoms with Crippen LogP contribution in [0.15, 0.2) is 16.6 Å². The summed E-state index contributed by atoms with van der Waals surface area (Å²) >= 11 is 3.61. The zero-order valence-corrected chi connectivity index (χ0v) is 14.7. The molecule has 1 aliphatic heterocycles. The monoisotopic (exact) mass is 356 g/mol. The van der Waals surface area contributed by atoms with Gasteiger partial charge in [0.2, 0.25) is 0 Å². The standard InChI is InChI=1S/C16H25BrN2O2/c1-4-7-21-16-14(17)8-13(9-15(16)20-3)11-19-6-5-18-12(2)10-19/h8-9,12,18H,4-7,10-11H2,1-3H3. The first-order valence-electron chi connectivity index (χ1n) is 7.59. The molecule has 2 rings (SSSR count). The molecule has 118 valence electrons. The summed E-state index contributed by atoms with van der Waals surface area (Å²) in [4.78, 5) is 2.47. The van der Waals surface area contributed by atoms with Gasteiger partial charge in [0.15, 0.2) is 11.5 Å². The second-order valence-electron chi connectivity index (χ2n) is 5.55. The molecule has 5 heteroatoms. The first kappa shape index (κ1) is 16.6. The van der Waals surface area contributed by atoms with Crippen molar-refractivity contribution in [3.63, 3.8) is 0 Å². The van der Waals surface area contributed by atoms with Gasteiger partial charge in [-0.25, -0.2) is 0 Å². The van der Waals surface area contributed by atoms with Crippen molar-refractivity contribution in [2.45, 2.75) is 32.9 Å². The Balaban J connectivity index is 2.11. The number of ether oxygens (including phenoxy) is 2. The van der Waals surface area contributed by atoms with Crippen LogP contribution in [0.2, 0.25) is 0 Å². The lowest BCUT2D eigenvalue weighted by molar-refractivity contribution is 0.199. The minimum atomic E-state index is 0.552. The van der Waals surface area contributed by atoms with Crippen LogP contribution in [0, 0.1) is 0 Å². The molecule has 0 saturated carbocycles. The minimum Gasteiger partial charge on any atom is -0.493 e. The predicted octanol–water partition coefficient (Wildman–Crippen LogP) is 3.04. The molecule has 1 aliphatic rings. The quantitative estimate of drug-likeness (QED) is 0.849.